The summed E-state index contributed by atoms with van der Waals surface area (Å²) in [5.41, 5.74) is 5.40. The van der Waals surface area contributed by atoms with Gasteiger partial charge in [-0.05, 0) is 30.7 Å². The lowest BCUT2D eigenvalue weighted by molar-refractivity contribution is 0.224. The van der Waals surface area contributed by atoms with Crippen LogP contribution < -0.4 is 25.7 Å². The molecule has 2 aromatic rings. The van der Waals surface area contributed by atoms with Crippen molar-refractivity contribution >= 4 is 11.8 Å². The maximum absolute atomic E-state index is 11.5. The topological polar surface area (TPSA) is 96.7 Å². The molecule has 8 heteroatoms. The first-order chi connectivity index (χ1) is 12.6. The van der Waals surface area contributed by atoms with E-state index in [1.165, 1.54) is 6.07 Å². The summed E-state index contributed by atoms with van der Waals surface area (Å²) in [7, 11) is 1.65. The molecular weight excluding hydrogens is 334 g/mol. The molecule has 8 nitrogen and oxygen atoms in total. The predicted molar refractivity (Wildman–Crippen MR) is 101 cm³/mol. The Balaban J connectivity index is 1.38. The first-order valence-electron chi connectivity index (χ1n) is 8.75. The van der Waals surface area contributed by atoms with Crippen LogP contribution in [0.25, 0.3) is 0 Å². The number of hydrogen-bond donors (Lipinski definition) is 2. The van der Waals surface area contributed by atoms with Crippen molar-refractivity contribution in [1.82, 2.24) is 14.9 Å². The highest BCUT2D eigenvalue weighted by atomic mass is 16.5. The van der Waals surface area contributed by atoms with Crippen molar-refractivity contribution in [3.63, 3.8) is 0 Å². The minimum Gasteiger partial charge on any atom is -0.497 e. The van der Waals surface area contributed by atoms with Crippen molar-refractivity contribution in [3.8, 4) is 11.5 Å². The van der Waals surface area contributed by atoms with Crippen LogP contribution >= 0.6 is 0 Å². The van der Waals surface area contributed by atoms with E-state index in [1.54, 1.807) is 7.11 Å². The van der Waals surface area contributed by atoms with Gasteiger partial charge in [-0.15, -0.1) is 0 Å². The first-order valence-corrected chi connectivity index (χ1v) is 8.75. The molecule has 1 aliphatic rings. The van der Waals surface area contributed by atoms with Crippen LogP contribution in [0.3, 0.4) is 0 Å². The second-order valence-electron chi connectivity index (χ2n) is 6.20. The zero-order chi connectivity index (χ0) is 18.4. The molecule has 26 heavy (non-hydrogen) atoms. The maximum atomic E-state index is 11.5. The molecule has 1 saturated heterocycles. The molecule has 0 bridgehead atoms. The molecule has 1 aromatic carbocycles. The highest BCUT2D eigenvalue weighted by Gasteiger charge is 2.18. The summed E-state index contributed by atoms with van der Waals surface area (Å²) < 4.78 is 10.9. The molecule has 140 valence electrons. The van der Waals surface area contributed by atoms with Gasteiger partial charge in [-0.25, -0.2) is 0 Å². The van der Waals surface area contributed by atoms with Gasteiger partial charge in [0.25, 0.3) is 5.56 Å². The molecule has 0 spiro atoms. The minimum atomic E-state index is -0.217. The summed E-state index contributed by atoms with van der Waals surface area (Å²) in [5.74, 6) is 2.49. The Hall–Kier alpha value is -2.74. The van der Waals surface area contributed by atoms with E-state index in [0.717, 1.165) is 50.6 Å². The van der Waals surface area contributed by atoms with Crippen molar-refractivity contribution in [2.75, 3.05) is 57.1 Å². The quantitative estimate of drug-likeness (QED) is 0.711. The number of aromatic amines is 1. The number of nitrogens with two attached hydrogens (primary N) is 1. The summed E-state index contributed by atoms with van der Waals surface area (Å²) >= 11 is 0. The van der Waals surface area contributed by atoms with E-state index in [-0.39, 0.29) is 11.5 Å². The Morgan fingerprint density at radius 1 is 1.15 bits per heavy atom. The number of ether oxygens (including phenoxy) is 2. The van der Waals surface area contributed by atoms with Gasteiger partial charge >= 0.3 is 0 Å². The molecule has 0 amide bonds. The predicted octanol–water partition coefficient (Wildman–Crippen LogP) is 0.952. The molecule has 0 aliphatic carbocycles. The van der Waals surface area contributed by atoms with Gasteiger partial charge in [0.1, 0.15) is 17.3 Å². The Morgan fingerprint density at radius 2 is 1.85 bits per heavy atom. The normalized spacial score (nSPS) is 15.0. The molecule has 2 heterocycles. The minimum absolute atomic E-state index is 0.158. The largest absolute Gasteiger partial charge is 0.497 e. The maximum Gasteiger partial charge on any atom is 0.254 e. The molecule has 1 aromatic heterocycles. The molecule has 0 saturated carbocycles. The van der Waals surface area contributed by atoms with E-state index in [2.05, 4.69) is 19.8 Å². The highest BCUT2D eigenvalue weighted by molar-refractivity contribution is 5.41. The van der Waals surface area contributed by atoms with Crippen LogP contribution in [-0.2, 0) is 0 Å². The van der Waals surface area contributed by atoms with Crippen LogP contribution in [0.15, 0.2) is 35.1 Å². The number of piperazine rings is 1. The monoisotopic (exact) mass is 359 g/mol. The number of benzene rings is 1. The number of H-pyrrole nitrogens is 1. The molecule has 0 unspecified atom stereocenters. The van der Waals surface area contributed by atoms with Crippen molar-refractivity contribution < 1.29 is 9.47 Å². The summed E-state index contributed by atoms with van der Waals surface area (Å²) in [6, 6.07) is 9.11. The Bertz CT molecular complexity index is 754. The number of aromatic nitrogens is 2. The van der Waals surface area contributed by atoms with E-state index >= 15 is 0 Å². The standard InChI is InChI=1S/C18H25N5O3/c1-25-14-3-5-15(6-4-14)26-12-2-7-22-8-10-23(11-9-22)16-13-17(24)21-18(19)20-16/h3-6,13H,2,7-12H2,1H3,(H3,19,20,21,24). The fourth-order valence-electron chi connectivity index (χ4n) is 2.98. The average Bonchev–Trinajstić information content (AvgIpc) is 2.65. The van der Waals surface area contributed by atoms with Gasteiger partial charge in [0.2, 0.25) is 5.95 Å². The Morgan fingerprint density at radius 3 is 2.50 bits per heavy atom. The molecule has 1 aliphatic heterocycles. The van der Waals surface area contributed by atoms with Crippen LogP contribution in [-0.4, -0.2) is 61.3 Å². The zero-order valence-electron chi connectivity index (χ0n) is 15.0. The number of nitrogens with one attached hydrogen (secondary N) is 1. The third-order valence-corrected chi connectivity index (χ3v) is 4.39. The lowest BCUT2D eigenvalue weighted by Gasteiger charge is -2.35. The Labute approximate surface area is 152 Å². The highest BCUT2D eigenvalue weighted by Crippen LogP contribution is 2.17. The summed E-state index contributed by atoms with van der Waals surface area (Å²) in [6.07, 6.45) is 0.961. The van der Waals surface area contributed by atoms with Gasteiger partial charge in [-0.1, -0.05) is 0 Å². The lowest BCUT2D eigenvalue weighted by atomic mass is 10.3. The van der Waals surface area contributed by atoms with Gasteiger partial charge in [-0.3, -0.25) is 14.7 Å². The molecule has 1 fully saturated rings. The number of anilines is 2. The number of hydrogen-bond acceptors (Lipinski definition) is 7. The molecule has 0 radical (unpaired) electrons. The van der Waals surface area contributed by atoms with Crippen LogP contribution in [0.2, 0.25) is 0 Å². The summed E-state index contributed by atoms with van der Waals surface area (Å²) in [5, 5.41) is 0. The van der Waals surface area contributed by atoms with Gasteiger partial charge in [0.05, 0.1) is 13.7 Å². The van der Waals surface area contributed by atoms with Crippen molar-refractivity contribution in [2.24, 2.45) is 0 Å². The van der Waals surface area contributed by atoms with Gasteiger partial charge in [0, 0.05) is 38.8 Å². The third-order valence-electron chi connectivity index (χ3n) is 4.39. The van der Waals surface area contributed by atoms with E-state index in [1.807, 2.05) is 24.3 Å². The van der Waals surface area contributed by atoms with E-state index < -0.39 is 0 Å². The fourth-order valence-corrected chi connectivity index (χ4v) is 2.98. The van der Waals surface area contributed by atoms with E-state index in [4.69, 9.17) is 15.2 Å². The van der Waals surface area contributed by atoms with E-state index in [9.17, 15) is 4.79 Å². The number of nitrogen functional groups attached to an aromatic ring is 1. The summed E-state index contributed by atoms with van der Waals surface area (Å²) in [6.45, 7) is 5.17. The number of rotatable bonds is 7. The van der Waals surface area contributed by atoms with Crippen molar-refractivity contribution in [1.29, 1.82) is 0 Å². The zero-order valence-corrected chi connectivity index (χ0v) is 15.0. The lowest BCUT2D eigenvalue weighted by Crippen LogP contribution is -2.47. The number of methoxy groups -OCH3 is 1. The van der Waals surface area contributed by atoms with Crippen molar-refractivity contribution in [2.45, 2.75) is 6.42 Å². The number of nitrogens with zero attached hydrogens (tertiary/aromatic N) is 3. The van der Waals surface area contributed by atoms with Crippen LogP contribution in [0.5, 0.6) is 11.5 Å². The average molecular weight is 359 g/mol. The van der Waals surface area contributed by atoms with E-state index in [0.29, 0.717) is 12.4 Å². The van der Waals surface area contributed by atoms with Crippen LogP contribution in [0, 0.1) is 0 Å². The van der Waals surface area contributed by atoms with Gasteiger partial charge < -0.3 is 20.1 Å². The van der Waals surface area contributed by atoms with Crippen LogP contribution in [0.1, 0.15) is 6.42 Å². The Kier molecular flexibility index (Phi) is 5.96. The molecular formula is C18H25N5O3. The fraction of sp³-hybridized carbons (Fsp3) is 0.444. The second-order valence-corrected chi connectivity index (χ2v) is 6.20. The smallest absolute Gasteiger partial charge is 0.254 e. The van der Waals surface area contributed by atoms with Crippen LogP contribution in [0.4, 0.5) is 11.8 Å². The summed E-state index contributed by atoms with van der Waals surface area (Å²) in [4.78, 5) is 22.7. The molecule has 3 rings (SSSR count). The van der Waals surface area contributed by atoms with Gasteiger partial charge in [0.15, 0.2) is 0 Å². The SMILES string of the molecule is COc1ccc(OCCCN2CCN(c3cc(=O)[nH]c(N)n3)CC2)cc1. The third kappa shape index (κ3) is 4.89. The van der Waals surface area contributed by atoms with Crippen molar-refractivity contribution in [3.05, 3.63) is 40.7 Å². The first kappa shape index (κ1) is 18.1. The molecule has 3 N–H and O–H groups in total. The molecule has 0 atom stereocenters. The second kappa shape index (κ2) is 8.57. The van der Waals surface area contributed by atoms with Gasteiger partial charge in [-0.2, -0.15) is 4.98 Å².